The summed E-state index contributed by atoms with van der Waals surface area (Å²) in [4.78, 5) is 0. The number of rotatable bonds is 3. The molecule has 0 heterocycles. The largest absolute Gasteiger partial charge is 0.460 e. The molecule has 10 heteroatoms. The van der Waals surface area contributed by atoms with Crippen molar-refractivity contribution >= 4 is 0 Å². The number of alkyl halides is 8. The summed E-state index contributed by atoms with van der Waals surface area (Å²) in [5.41, 5.74) is -2.71. The zero-order valence-corrected chi connectivity index (χ0v) is 8.02. The number of halogens is 9. The molecule has 0 radical (unpaired) electrons. The second kappa shape index (κ2) is 4.75. The van der Waals surface area contributed by atoms with E-state index < -0.39 is 36.3 Å². The summed E-state index contributed by atoms with van der Waals surface area (Å²) in [6.45, 7) is -1.75. The Kier molecular flexibility index (Phi) is 4.49. The molecule has 0 bridgehead atoms. The van der Waals surface area contributed by atoms with Crippen LogP contribution < -0.4 is 0 Å². The van der Waals surface area contributed by atoms with E-state index in [0.717, 1.165) is 0 Å². The SMILES string of the molecule is COC/C(=C(/F)C(F)(F)C(F)(F)F)C(F)(F)F. The highest BCUT2D eigenvalue weighted by Gasteiger charge is 2.63. The van der Waals surface area contributed by atoms with Gasteiger partial charge in [0.05, 0.1) is 12.2 Å². The molecule has 1 nitrogen and oxygen atoms in total. The first-order chi connectivity index (χ1) is 7.35. The molecule has 0 aliphatic carbocycles. The lowest BCUT2D eigenvalue weighted by Gasteiger charge is -2.21. The second-order valence-corrected chi connectivity index (χ2v) is 2.80. The van der Waals surface area contributed by atoms with Gasteiger partial charge >= 0.3 is 18.3 Å². The van der Waals surface area contributed by atoms with E-state index in [9.17, 15) is 39.5 Å². The quantitative estimate of drug-likeness (QED) is 0.715. The van der Waals surface area contributed by atoms with Crippen LogP contribution in [0.5, 0.6) is 0 Å². The van der Waals surface area contributed by atoms with Crippen LogP contribution in [0.25, 0.3) is 0 Å². The summed E-state index contributed by atoms with van der Waals surface area (Å²) in [5.74, 6) is -9.82. The van der Waals surface area contributed by atoms with Gasteiger partial charge in [0.25, 0.3) is 0 Å². The van der Waals surface area contributed by atoms with Gasteiger partial charge in [-0.2, -0.15) is 35.1 Å². The van der Waals surface area contributed by atoms with Gasteiger partial charge < -0.3 is 4.74 Å². The van der Waals surface area contributed by atoms with Crippen LogP contribution in [-0.2, 0) is 4.74 Å². The van der Waals surface area contributed by atoms with Gasteiger partial charge in [-0.05, 0) is 0 Å². The van der Waals surface area contributed by atoms with Crippen LogP contribution in [0.3, 0.4) is 0 Å². The fraction of sp³-hybridized carbons (Fsp3) is 0.714. The molecule has 102 valence electrons. The molecule has 0 aliphatic rings. The van der Waals surface area contributed by atoms with Gasteiger partial charge in [0, 0.05) is 7.11 Å². The van der Waals surface area contributed by atoms with E-state index in [1.165, 1.54) is 0 Å². The van der Waals surface area contributed by atoms with Crippen LogP contribution >= 0.6 is 0 Å². The third-order valence-electron chi connectivity index (χ3n) is 1.53. The molecule has 0 aromatic carbocycles. The first kappa shape index (κ1) is 16.1. The summed E-state index contributed by atoms with van der Waals surface area (Å²) in [5, 5.41) is 0. The van der Waals surface area contributed by atoms with Gasteiger partial charge in [-0.25, -0.2) is 4.39 Å². The summed E-state index contributed by atoms with van der Waals surface area (Å²) < 4.78 is 112. The molecule has 0 spiro atoms. The number of methoxy groups -OCH3 is 1. The van der Waals surface area contributed by atoms with Crippen molar-refractivity contribution in [3.05, 3.63) is 11.4 Å². The molecule has 0 atom stereocenters. The van der Waals surface area contributed by atoms with E-state index in [4.69, 9.17) is 0 Å². The van der Waals surface area contributed by atoms with Crippen molar-refractivity contribution < 1.29 is 44.3 Å². The molecule has 0 saturated carbocycles. The maximum atomic E-state index is 12.6. The minimum atomic E-state index is -6.46. The Labute approximate surface area is 88.8 Å². The van der Waals surface area contributed by atoms with E-state index in [0.29, 0.717) is 7.11 Å². The summed E-state index contributed by atoms with van der Waals surface area (Å²) in [6, 6.07) is 0. The van der Waals surface area contributed by atoms with Crippen molar-refractivity contribution in [3.8, 4) is 0 Å². The van der Waals surface area contributed by atoms with Crippen molar-refractivity contribution in [2.24, 2.45) is 0 Å². The molecule has 0 saturated heterocycles. The zero-order chi connectivity index (χ0) is 14.1. The maximum absolute atomic E-state index is 12.6. The lowest BCUT2D eigenvalue weighted by atomic mass is 10.1. The molecule has 0 N–H and O–H groups in total. The lowest BCUT2D eigenvalue weighted by molar-refractivity contribution is -0.272. The Morgan fingerprint density at radius 1 is 0.941 bits per heavy atom. The number of hydrogen-bond donors (Lipinski definition) is 0. The van der Waals surface area contributed by atoms with E-state index in [1.807, 2.05) is 0 Å². The third-order valence-corrected chi connectivity index (χ3v) is 1.53. The Morgan fingerprint density at radius 3 is 1.59 bits per heavy atom. The fourth-order valence-electron chi connectivity index (χ4n) is 0.728. The first-order valence-electron chi connectivity index (χ1n) is 3.75. The van der Waals surface area contributed by atoms with Crippen LogP contribution in [0.4, 0.5) is 39.5 Å². The minimum absolute atomic E-state index is 0.588. The normalized spacial score (nSPS) is 15.9. The van der Waals surface area contributed by atoms with Crippen molar-refractivity contribution in [1.82, 2.24) is 0 Å². The molecule has 0 unspecified atom stereocenters. The predicted octanol–water partition coefficient (Wildman–Crippen LogP) is 3.62. The van der Waals surface area contributed by atoms with Gasteiger partial charge in [0.1, 0.15) is 0 Å². The number of ether oxygens (including phenoxy) is 1. The smallest absolute Gasteiger partial charge is 0.380 e. The zero-order valence-electron chi connectivity index (χ0n) is 8.02. The summed E-state index contributed by atoms with van der Waals surface area (Å²) >= 11 is 0. The number of allylic oxidation sites excluding steroid dienone is 1. The molecule has 0 aliphatic heterocycles. The van der Waals surface area contributed by atoms with Crippen molar-refractivity contribution in [2.45, 2.75) is 18.3 Å². The van der Waals surface area contributed by atoms with E-state index >= 15 is 0 Å². The number of hydrogen-bond acceptors (Lipinski definition) is 1. The van der Waals surface area contributed by atoms with Gasteiger partial charge in [-0.1, -0.05) is 0 Å². The molecular formula is C7H5F9O. The standard InChI is InChI=1S/C7H5F9O/c1-17-2-3(6(11,12)13)4(8)5(9,10)7(14,15)16/h2H2,1H3/b4-3-. The van der Waals surface area contributed by atoms with Gasteiger partial charge in [-0.3, -0.25) is 0 Å². The topological polar surface area (TPSA) is 9.23 Å². The average Bonchev–Trinajstić information content (AvgIpc) is 2.09. The van der Waals surface area contributed by atoms with Crippen LogP contribution in [0, 0.1) is 0 Å². The predicted molar refractivity (Wildman–Crippen MR) is 37.1 cm³/mol. The molecule has 0 aromatic rings. The average molecular weight is 276 g/mol. The monoisotopic (exact) mass is 276 g/mol. The highest BCUT2D eigenvalue weighted by Crippen LogP contribution is 2.45. The third kappa shape index (κ3) is 3.51. The Hall–Kier alpha value is -0.930. The van der Waals surface area contributed by atoms with E-state index in [2.05, 4.69) is 4.74 Å². The lowest BCUT2D eigenvalue weighted by Crippen LogP contribution is -2.39. The van der Waals surface area contributed by atoms with Crippen LogP contribution in [0.15, 0.2) is 11.4 Å². The van der Waals surface area contributed by atoms with Gasteiger partial charge in [0.15, 0.2) is 5.83 Å². The first-order valence-corrected chi connectivity index (χ1v) is 3.75. The maximum Gasteiger partial charge on any atom is 0.460 e. The molecule has 0 rings (SSSR count). The Bertz CT molecular complexity index is 297. The fourth-order valence-corrected chi connectivity index (χ4v) is 0.728. The Balaban J connectivity index is 5.66. The Morgan fingerprint density at radius 2 is 1.35 bits per heavy atom. The van der Waals surface area contributed by atoms with Crippen molar-refractivity contribution in [1.29, 1.82) is 0 Å². The minimum Gasteiger partial charge on any atom is -0.380 e. The van der Waals surface area contributed by atoms with E-state index in [-0.39, 0.29) is 0 Å². The second-order valence-electron chi connectivity index (χ2n) is 2.80. The highest BCUT2D eigenvalue weighted by atomic mass is 19.4. The van der Waals surface area contributed by atoms with Gasteiger partial charge in [0.2, 0.25) is 0 Å². The molecule has 17 heavy (non-hydrogen) atoms. The molecule has 0 aromatic heterocycles. The van der Waals surface area contributed by atoms with Crippen LogP contribution in [0.1, 0.15) is 0 Å². The molecule has 0 amide bonds. The van der Waals surface area contributed by atoms with Crippen molar-refractivity contribution in [2.75, 3.05) is 13.7 Å². The van der Waals surface area contributed by atoms with Crippen LogP contribution in [0.2, 0.25) is 0 Å². The molecular weight excluding hydrogens is 271 g/mol. The van der Waals surface area contributed by atoms with E-state index in [1.54, 1.807) is 0 Å². The van der Waals surface area contributed by atoms with Crippen LogP contribution in [-0.4, -0.2) is 32.0 Å². The summed E-state index contributed by atoms with van der Waals surface area (Å²) in [6.07, 6.45) is -12.1. The summed E-state index contributed by atoms with van der Waals surface area (Å²) in [7, 11) is 0.588. The highest BCUT2D eigenvalue weighted by molar-refractivity contribution is 5.22. The van der Waals surface area contributed by atoms with Gasteiger partial charge in [-0.15, -0.1) is 0 Å². The van der Waals surface area contributed by atoms with Crippen molar-refractivity contribution in [3.63, 3.8) is 0 Å². The molecule has 0 fully saturated rings.